The van der Waals surface area contributed by atoms with Crippen molar-refractivity contribution in [3.05, 3.63) is 34.9 Å². The Morgan fingerprint density at radius 3 is 2.17 bits per heavy atom. The number of rotatable bonds is 6. The zero-order valence-corrected chi connectivity index (χ0v) is 14.5. The number of halogens is 1. The van der Waals surface area contributed by atoms with Crippen LogP contribution in [0.15, 0.2) is 24.3 Å². The summed E-state index contributed by atoms with van der Waals surface area (Å²) < 4.78 is 5.08. The molecule has 0 saturated carbocycles. The lowest BCUT2D eigenvalue weighted by atomic mass is 10.1. The summed E-state index contributed by atoms with van der Waals surface area (Å²) in [5.41, 5.74) is 0.567. The third-order valence-corrected chi connectivity index (χ3v) is 2.94. The van der Waals surface area contributed by atoms with E-state index in [0.29, 0.717) is 24.7 Å². The van der Waals surface area contributed by atoms with Crippen molar-refractivity contribution in [1.29, 1.82) is 0 Å². The maximum absolute atomic E-state index is 11.6. The second-order valence-corrected chi connectivity index (χ2v) is 6.42. The monoisotopic (exact) mass is 341 g/mol. The van der Waals surface area contributed by atoms with Crippen molar-refractivity contribution in [3.63, 3.8) is 0 Å². The lowest BCUT2D eigenvalue weighted by Crippen LogP contribution is -2.41. The molecule has 0 aromatic heterocycles. The predicted octanol–water partition coefficient (Wildman–Crippen LogP) is 2.71. The molecule has 0 aliphatic rings. The molecular formula is C16H24ClN3O3. The van der Waals surface area contributed by atoms with Gasteiger partial charge in [0, 0.05) is 24.7 Å². The number of alkyl carbamates (subject to hydrolysis) is 1. The summed E-state index contributed by atoms with van der Waals surface area (Å²) in [5, 5.41) is 8.66. The first-order valence-corrected chi connectivity index (χ1v) is 7.87. The Balaban J connectivity index is 2.08. The van der Waals surface area contributed by atoms with Gasteiger partial charge in [-0.15, -0.1) is 0 Å². The Bertz CT molecular complexity index is 512. The van der Waals surface area contributed by atoms with Crippen molar-refractivity contribution < 1.29 is 14.3 Å². The van der Waals surface area contributed by atoms with Crippen molar-refractivity contribution in [2.45, 2.75) is 32.8 Å². The van der Waals surface area contributed by atoms with Crippen molar-refractivity contribution in [3.8, 4) is 0 Å². The smallest absolute Gasteiger partial charge is 0.407 e. The molecule has 128 valence electrons. The number of hydrogen-bond acceptors (Lipinski definition) is 3. The Labute approximate surface area is 141 Å². The molecule has 1 aromatic rings. The standard InChI is InChI=1S/C16H24ClN3O3/c1-16(2,3)23-15(22)20-11-10-19-14(21)18-9-8-12-4-6-13(17)7-5-12/h4-7H,8-11H2,1-3H3,(H,20,22)(H2,18,19,21). The topological polar surface area (TPSA) is 79.5 Å². The highest BCUT2D eigenvalue weighted by Gasteiger charge is 2.15. The molecule has 0 radical (unpaired) electrons. The van der Waals surface area contributed by atoms with E-state index in [-0.39, 0.29) is 6.03 Å². The Morgan fingerprint density at radius 2 is 1.57 bits per heavy atom. The highest BCUT2D eigenvalue weighted by atomic mass is 35.5. The fourth-order valence-electron chi connectivity index (χ4n) is 1.69. The van der Waals surface area contributed by atoms with Gasteiger partial charge in [-0.25, -0.2) is 9.59 Å². The van der Waals surface area contributed by atoms with Crippen molar-refractivity contribution in [2.24, 2.45) is 0 Å². The van der Waals surface area contributed by atoms with Crippen LogP contribution >= 0.6 is 11.6 Å². The number of benzene rings is 1. The van der Waals surface area contributed by atoms with Crippen molar-refractivity contribution in [1.82, 2.24) is 16.0 Å². The second-order valence-electron chi connectivity index (χ2n) is 5.99. The number of ether oxygens (including phenoxy) is 1. The fourth-order valence-corrected chi connectivity index (χ4v) is 1.81. The van der Waals surface area contributed by atoms with Crippen LogP contribution in [0.1, 0.15) is 26.3 Å². The van der Waals surface area contributed by atoms with Crippen LogP contribution in [-0.4, -0.2) is 37.4 Å². The largest absolute Gasteiger partial charge is 0.444 e. The molecule has 23 heavy (non-hydrogen) atoms. The first kappa shape index (κ1) is 19.1. The van der Waals surface area contributed by atoms with E-state index >= 15 is 0 Å². The molecule has 0 spiro atoms. The number of hydrogen-bond donors (Lipinski definition) is 3. The first-order valence-electron chi connectivity index (χ1n) is 7.49. The molecule has 0 saturated heterocycles. The molecule has 0 aliphatic carbocycles. The molecule has 0 fully saturated rings. The van der Waals surface area contributed by atoms with Crippen LogP contribution in [0.2, 0.25) is 5.02 Å². The maximum Gasteiger partial charge on any atom is 0.407 e. The van der Waals surface area contributed by atoms with Crippen LogP contribution in [0.3, 0.4) is 0 Å². The average molecular weight is 342 g/mol. The number of carbonyl (C=O) groups excluding carboxylic acids is 2. The molecule has 0 atom stereocenters. The quantitative estimate of drug-likeness (QED) is 0.696. The van der Waals surface area contributed by atoms with Gasteiger partial charge in [-0.3, -0.25) is 0 Å². The Kier molecular flexibility index (Phi) is 7.68. The lowest BCUT2D eigenvalue weighted by molar-refractivity contribution is 0.0528. The summed E-state index contributed by atoms with van der Waals surface area (Å²) in [6.45, 7) is 6.52. The Morgan fingerprint density at radius 1 is 1.00 bits per heavy atom. The molecule has 1 aromatic carbocycles. The highest BCUT2D eigenvalue weighted by molar-refractivity contribution is 6.30. The minimum atomic E-state index is -0.531. The minimum absolute atomic E-state index is 0.273. The van der Waals surface area contributed by atoms with E-state index in [0.717, 1.165) is 12.0 Å². The van der Waals surface area contributed by atoms with Gasteiger partial charge in [-0.1, -0.05) is 23.7 Å². The molecule has 0 unspecified atom stereocenters. The highest BCUT2D eigenvalue weighted by Crippen LogP contribution is 2.09. The van der Waals surface area contributed by atoms with Crippen molar-refractivity contribution >= 4 is 23.7 Å². The second kappa shape index (κ2) is 9.25. The molecule has 0 heterocycles. The van der Waals surface area contributed by atoms with Gasteiger partial charge in [0.2, 0.25) is 0 Å². The van der Waals surface area contributed by atoms with Crippen LogP contribution in [0.25, 0.3) is 0 Å². The summed E-state index contributed by atoms with van der Waals surface area (Å²) in [5.74, 6) is 0. The predicted molar refractivity (Wildman–Crippen MR) is 90.8 cm³/mol. The molecule has 0 aliphatic heterocycles. The summed E-state index contributed by atoms with van der Waals surface area (Å²) in [6, 6.07) is 7.21. The maximum atomic E-state index is 11.6. The minimum Gasteiger partial charge on any atom is -0.444 e. The molecule has 6 nitrogen and oxygen atoms in total. The van der Waals surface area contributed by atoms with Crippen LogP contribution in [0.5, 0.6) is 0 Å². The van der Waals surface area contributed by atoms with E-state index < -0.39 is 11.7 Å². The van der Waals surface area contributed by atoms with Crippen LogP contribution in [-0.2, 0) is 11.2 Å². The molecular weight excluding hydrogens is 318 g/mol. The van der Waals surface area contributed by atoms with Gasteiger partial charge < -0.3 is 20.7 Å². The van der Waals surface area contributed by atoms with Crippen molar-refractivity contribution in [2.75, 3.05) is 19.6 Å². The average Bonchev–Trinajstić information content (AvgIpc) is 2.44. The zero-order chi connectivity index (χ0) is 17.3. The zero-order valence-electron chi connectivity index (χ0n) is 13.7. The Hall–Kier alpha value is -1.95. The third-order valence-electron chi connectivity index (χ3n) is 2.69. The lowest BCUT2D eigenvalue weighted by Gasteiger charge is -2.19. The molecule has 7 heteroatoms. The molecule has 3 N–H and O–H groups in total. The number of urea groups is 1. The number of nitrogens with one attached hydrogen (secondary N) is 3. The third kappa shape index (κ3) is 9.63. The summed E-state index contributed by atoms with van der Waals surface area (Å²) in [4.78, 5) is 23.0. The number of amides is 3. The van der Waals surface area contributed by atoms with Crippen LogP contribution in [0.4, 0.5) is 9.59 Å². The van der Waals surface area contributed by atoms with Gasteiger partial charge in [0.15, 0.2) is 0 Å². The molecule has 0 bridgehead atoms. The van der Waals surface area contributed by atoms with Gasteiger partial charge in [0.05, 0.1) is 0 Å². The van der Waals surface area contributed by atoms with Gasteiger partial charge >= 0.3 is 12.1 Å². The first-order chi connectivity index (χ1) is 10.8. The molecule has 1 rings (SSSR count). The van der Waals surface area contributed by atoms with E-state index in [2.05, 4.69) is 16.0 Å². The van der Waals surface area contributed by atoms with Crippen LogP contribution in [0, 0.1) is 0 Å². The molecule has 3 amide bonds. The summed E-state index contributed by atoms with van der Waals surface area (Å²) >= 11 is 5.81. The van der Waals surface area contributed by atoms with Gasteiger partial charge in [0.25, 0.3) is 0 Å². The van der Waals surface area contributed by atoms with E-state index in [9.17, 15) is 9.59 Å². The van der Waals surface area contributed by atoms with Crippen LogP contribution < -0.4 is 16.0 Å². The van der Waals surface area contributed by atoms with Gasteiger partial charge in [-0.05, 0) is 44.9 Å². The summed E-state index contributed by atoms with van der Waals surface area (Å²) in [7, 11) is 0. The van der Waals surface area contributed by atoms with E-state index in [1.165, 1.54) is 0 Å². The fraction of sp³-hybridized carbons (Fsp3) is 0.500. The van der Waals surface area contributed by atoms with E-state index in [1.54, 1.807) is 20.8 Å². The summed E-state index contributed by atoms with van der Waals surface area (Å²) in [6.07, 6.45) is 0.225. The normalized spacial score (nSPS) is 10.8. The van der Waals surface area contributed by atoms with E-state index in [1.807, 2.05) is 24.3 Å². The van der Waals surface area contributed by atoms with Gasteiger partial charge in [-0.2, -0.15) is 0 Å². The van der Waals surface area contributed by atoms with E-state index in [4.69, 9.17) is 16.3 Å². The van der Waals surface area contributed by atoms with Gasteiger partial charge in [0.1, 0.15) is 5.60 Å². The SMILES string of the molecule is CC(C)(C)OC(=O)NCCNC(=O)NCCc1ccc(Cl)cc1. The number of carbonyl (C=O) groups is 2.